The highest BCUT2D eigenvalue weighted by Crippen LogP contribution is 2.29. The highest BCUT2D eigenvalue weighted by molar-refractivity contribution is 7.89. The summed E-state index contributed by atoms with van der Waals surface area (Å²) in [4.78, 5) is 11.0. The summed E-state index contributed by atoms with van der Waals surface area (Å²) in [6.45, 7) is 2.66. The van der Waals surface area contributed by atoms with Gasteiger partial charge in [-0.1, -0.05) is 5.16 Å². The van der Waals surface area contributed by atoms with Gasteiger partial charge in [-0.15, -0.1) is 0 Å². The molecule has 1 aliphatic heterocycles. The first-order chi connectivity index (χ1) is 8.75. The van der Waals surface area contributed by atoms with E-state index < -0.39 is 28.1 Å². The number of aliphatic hydroxyl groups is 1. The van der Waals surface area contributed by atoms with E-state index in [4.69, 9.17) is 9.63 Å². The summed E-state index contributed by atoms with van der Waals surface area (Å²) in [6, 6.07) is -1.27. The minimum atomic E-state index is -4.05. The van der Waals surface area contributed by atoms with Crippen LogP contribution in [-0.2, 0) is 14.8 Å². The fraction of sp³-hybridized carbons (Fsp3) is 0.600. The molecule has 2 N–H and O–H groups in total. The number of aryl methyl sites for hydroxylation is 2. The van der Waals surface area contributed by atoms with Gasteiger partial charge in [0.25, 0.3) is 0 Å². The summed E-state index contributed by atoms with van der Waals surface area (Å²) in [5.41, 5.74) is 0.169. The predicted molar refractivity (Wildman–Crippen MR) is 61.9 cm³/mol. The van der Waals surface area contributed by atoms with Crippen LogP contribution in [0.5, 0.6) is 0 Å². The van der Waals surface area contributed by atoms with E-state index in [1.54, 1.807) is 0 Å². The number of aliphatic carboxylic acids is 1. The zero-order chi connectivity index (χ0) is 14.4. The van der Waals surface area contributed by atoms with Gasteiger partial charge in [-0.05, 0) is 13.8 Å². The molecule has 2 rings (SSSR count). The molecule has 0 aliphatic carbocycles. The zero-order valence-electron chi connectivity index (χ0n) is 10.4. The smallest absolute Gasteiger partial charge is 0.322 e. The number of rotatable bonds is 3. The van der Waals surface area contributed by atoms with Gasteiger partial charge in [-0.3, -0.25) is 4.79 Å². The minimum Gasteiger partial charge on any atom is -0.480 e. The number of carboxylic acids is 1. The Labute approximate surface area is 109 Å². The number of β-amino-alcohol motifs (C(OH)–C–C–N with tert-alkyl or cyclic N) is 1. The van der Waals surface area contributed by atoms with Crippen molar-refractivity contribution in [2.24, 2.45) is 0 Å². The van der Waals surface area contributed by atoms with Crippen molar-refractivity contribution in [2.75, 3.05) is 6.54 Å². The Bertz CT molecular complexity index is 588. The van der Waals surface area contributed by atoms with Crippen molar-refractivity contribution in [2.45, 2.75) is 37.3 Å². The molecule has 9 heteroatoms. The van der Waals surface area contributed by atoms with Gasteiger partial charge in [-0.2, -0.15) is 4.31 Å². The van der Waals surface area contributed by atoms with Gasteiger partial charge in [0, 0.05) is 13.0 Å². The molecule has 0 saturated carbocycles. The molecule has 0 aromatic carbocycles. The molecule has 8 nitrogen and oxygen atoms in total. The average Bonchev–Trinajstić information content (AvgIpc) is 2.83. The number of carbonyl (C=O) groups is 1. The van der Waals surface area contributed by atoms with E-state index in [1.807, 2.05) is 0 Å². The van der Waals surface area contributed by atoms with Crippen molar-refractivity contribution in [3.8, 4) is 0 Å². The van der Waals surface area contributed by atoms with Crippen LogP contribution < -0.4 is 0 Å². The fourth-order valence-electron chi connectivity index (χ4n) is 2.23. The summed E-state index contributed by atoms with van der Waals surface area (Å²) in [6.07, 6.45) is -1.12. The van der Waals surface area contributed by atoms with Crippen LogP contribution >= 0.6 is 0 Å². The highest BCUT2D eigenvalue weighted by Gasteiger charge is 2.45. The topological polar surface area (TPSA) is 121 Å². The van der Waals surface area contributed by atoms with Crippen molar-refractivity contribution < 1.29 is 27.9 Å². The molecule has 0 bridgehead atoms. The Balaban J connectivity index is 2.48. The second kappa shape index (κ2) is 4.58. The number of aromatic nitrogens is 1. The molecule has 0 radical (unpaired) electrons. The summed E-state index contributed by atoms with van der Waals surface area (Å²) in [5.74, 6) is -1.19. The molecule has 1 aliphatic rings. The molecule has 1 fully saturated rings. The van der Waals surface area contributed by atoms with Gasteiger partial charge in [0.15, 0.2) is 5.76 Å². The summed E-state index contributed by atoms with van der Waals surface area (Å²) < 4.78 is 30.5. The quantitative estimate of drug-likeness (QED) is 0.769. The third-order valence-electron chi connectivity index (χ3n) is 3.05. The van der Waals surface area contributed by atoms with Crippen LogP contribution in [0.15, 0.2) is 9.42 Å². The van der Waals surface area contributed by atoms with Crippen molar-refractivity contribution in [1.29, 1.82) is 0 Å². The maximum absolute atomic E-state index is 12.4. The lowest BCUT2D eigenvalue weighted by Gasteiger charge is -2.20. The van der Waals surface area contributed by atoms with Gasteiger partial charge < -0.3 is 14.7 Å². The molecule has 1 aromatic rings. The lowest BCUT2D eigenvalue weighted by molar-refractivity contribution is -0.140. The van der Waals surface area contributed by atoms with Gasteiger partial charge in [0.2, 0.25) is 10.0 Å². The zero-order valence-corrected chi connectivity index (χ0v) is 11.2. The van der Waals surface area contributed by atoms with E-state index in [0.29, 0.717) is 0 Å². The SMILES string of the molecule is Cc1noc(C)c1S(=O)(=O)N1CC(O)C[C@H]1C(=O)O. The number of aliphatic hydroxyl groups excluding tert-OH is 1. The fourth-order valence-corrected chi connectivity index (χ4v) is 4.16. The van der Waals surface area contributed by atoms with Gasteiger partial charge in [-0.25, -0.2) is 8.42 Å². The van der Waals surface area contributed by atoms with E-state index in [-0.39, 0.29) is 29.3 Å². The monoisotopic (exact) mass is 290 g/mol. The van der Waals surface area contributed by atoms with Crippen LogP contribution in [0.25, 0.3) is 0 Å². The van der Waals surface area contributed by atoms with Crippen LogP contribution in [-0.4, -0.2) is 52.8 Å². The Kier molecular flexibility index (Phi) is 3.37. The average molecular weight is 290 g/mol. The van der Waals surface area contributed by atoms with Gasteiger partial charge >= 0.3 is 5.97 Å². The lowest BCUT2D eigenvalue weighted by Crippen LogP contribution is -2.40. The highest BCUT2D eigenvalue weighted by atomic mass is 32.2. The van der Waals surface area contributed by atoms with Crippen LogP contribution in [0.2, 0.25) is 0 Å². The molecular formula is C10H14N2O6S. The maximum atomic E-state index is 12.4. The maximum Gasteiger partial charge on any atom is 0.322 e. The Morgan fingerprint density at radius 2 is 2.11 bits per heavy atom. The first kappa shape index (κ1) is 14.0. The van der Waals surface area contributed by atoms with Crippen LogP contribution in [0.1, 0.15) is 17.9 Å². The molecule has 0 amide bonds. The molecule has 1 saturated heterocycles. The second-order valence-corrected chi connectivity index (χ2v) is 6.30. The number of sulfonamides is 1. The van der Waals surface area contributed by atoms with E-state index in [0.717, 1.165) is 4.31 Å². The summed E-state index contributed by atoms with van der Waals surface area (Å²) in [7, 11) is -4.05. The summed E-state index contributed by atoms with van der Waals surface area (Å²) >= 11 is 0. The molecule has 1 aromatic heterocycles. The Morgan fingerprint density at radius 3 is 2.58 bits per heavy atom. The third-order valence-corrected chi connectivity index (χ3v) is 5.17. The number of hydrogen-bond acceptors (Lipinski definition) is 6. The number of nitrogens with zero attached hydrogens (tertiary/aromatic N) is 2. The molecule has 2 heterocycles. The van der Waals surface area contributed by atoms with Crippen molar-refractivity contribution in [1.82, 2.24) is 9.46 Å². The van der Waals surface area contributed by atoms with E-state index in [2.05, 4.69) is 5.16 Å². The Hall–Kier alpha value is -1.45. The normalized spacial score (nSPS) is 24.8. The molecule has 19 heavy (non-hydrogen) atoms. The van der Waals surface area contributed by atoms with E-state index in [9.17, 15) is 18.3 Å². The standard InChI is InChI=1S/C10H14N2O6S/c1-5-9(6(2)18-11-5)19(16,17)12-4-7(13)3-8(12)10(14)15/h7-8,13H,3-4H2,1-2H3,(H,14,15)/t7?,8-/m0/s1. The van der Waals surface area contributed by atoms with Crippen molar-refractivity contribution in [3.05, 3.63) is 11.5 Å². The first-order valence-electron chi connectivity index (χ1n) is 5.60. The minimum absolute atomic E-state index is 0.100. The molecule has 0 spiro atoms. The molecular weight excluding hydrogens is 276 g/mol. The van der Waals surface area contributed by atoms with E-state index in [1.165, 1.54) is 13.8 Å². The van der Waals surface area contributed by atoms with Crippen LogP contribution in [0.4, 0.5) is 0 Å². The third kappa shape index (κ3) is 2.24. The van der Waals surface area contributed by atoms with Crippen molar-refractivity contribution in [3.63, 3.8) is 0 Å². The van der Waals surface area contributed by atoms with Crippen LogP contribution in [0, 0.1) is 13.8 Å². The van der Waals surface area contributed by atoms with Gasteiger partial charge in [0.05, 0.1) is 6.10 Å². The van der Waals surface area contributed by atoms with E-state index >= 15 is 0 Å². The molecule has 1 unspecified atom stereocenters. The largest absolute Gasteiger partial charge is 0.480 e. The molecule has 2 atom stereocenters. The van der Waals surface area contributed by atoms with Crippen LogP contribution in [0.3, 0.4) is 0 Å². The first-order valence-corrected chi connectivity index (χ1v) is 7.04. The molecule has 106 valence electrons. The summed E-state index contributed by atoms with van der Waals surface area (Å²) in [5, 5.41) is 22.1. The second-order valence-electron chi connectivity index (χ2n) is 4.47. The van der Waals surface area contributed by atoms with Crippen molar-refractivity contribution >= 4 is 16.0 Å². The lowest BCUT2D eigenvalue weighted by atomic mass is 10.2. The Morgan fingerprint density at radius 1 is 1.47 bits per heavy atom. The van der Waals surface area contributed by atoms with Gasteiger partial charge in [0.1, 0.15) is 16.6 Å². The number of carboxylic acid groups (broad SMARTS) is 1. The number of hydrogen-bond donors (Lipinski definition) is 2. The predicted octanol–water partition coefficient (Wildman–Crippen LogP) is -0.500.